The van der Waals surface area contributed by atoms with Crippen LogP contribution in [0.1, 0.15) is 141 Å². The monoisotopic (exact) mass is 2260 g/mol. The van der Waals surface area contributed by atoms with Crippen LogP contribution in [0.15, 0.2) is 182 Å². The molecule has 0 spiro atoms. The molecule has 0 aliphatic heterocycles. The quantitative estimate of drug-likeness (QED) is 0.0140. The van der Waals surface area contributed by atoms with E-state index in [0.717, 1.165) is 81.7 Å². The van der Waals surface area contributed by atoms with Crippen LogP contribution in [-0.4, -0.2) is 268 Å². The van der Waals surface area contributed by atoms with E-state index in [1.165, 1.54) is 117 Å². The molecule has 7 atom stereocenters. The number of hydrogen-bond acceptors (Lipinski definition) is 35. The SMILES string of the molecule is C.CC[C@@H](CO)NS(=O)(=O)c1cccc(CS(=O)CCCNC(=O)c2ccc(S(C)(=O)=O)s2)c1.CC[C@H](NS(=O)(=O)c1cccc(CS(=O)CCCNC(=O)c2ccc(S(C)(=O)=O)s2)c1)C(=O)OC.CC[C@H](NS(=O)(=O)c1cccc(CSCCCNC(=O)c2ccc(S(C)(=O)=O)s2)c1)C(=O)OC.CS(=O)(=O)c1ccc(C(=O)NCCCS(=O)Cc2cccc(S(=O)(=O)N[C@H](C=O)CC(=O)O)c2)s1.O.O. The Hall–Kier alpha value is -8.24. The maximum atomic E-state index is 12.6. The van der Waals surface area contributed by atoms with Crippen molar-refractivity contribution in [2.75, 3.05) is 95.0 Å². The molecule has 14 N–H and O–H groups in total. The zero-order valence-corrected chi connectivity index (χ0v) is 89.4. The molecule has 57 heteroatoms. The smallest absolute Gasteiger partial charge is 0.323 e. The van der Waals surface area contributed by atoms with E-state index in [9.17, 15) is 123 Å². The molecule has 4 aromatic carbocycles. The number of rotatable bonds is 53. The summed E-state index contributed by atoms with van der Waals surface area (Å²) in [5, 5.41) is 28.7. The standard InChI is InChI=1S/C21H28N2O8S4.C21H28N2O7S4.C20H24N2O9S4.C20H28N2O7S4.CH4.2H2O/c1-4-17(21(25)31-2)23-35(29,30)16-8-5-7-15(13-16)14-33(26)12-6-11-22-20(24)18-9-10-19(32-18)34(3,27)28;1-4-17(21(25)30-2)23-34(28,29)16-8-5-7-15(13-16)14-31-12-6-11-22-20(24)18-9-10-19(32-18)33(3,26)27;1-34(28,29)19-7-6-17(32-19)20(26)21-8-3-9-33(27)13-14-4-2-5-16(10-14)35(30,31)22-15(12-23)11-18(24)25;1-3-16(13-23)22-33(28,29)17-7-4-6-15(12-17)14-31(25)11-5-10-21-20(24)18-8-9-19(30-18)32(2,26)27;;;/h5,7-10,13,17,23H,4,6,11-12,14H2,1-3H3,(H,22,24);5,7-10,13,17,23H,4,6,11-12,14H2,1-3H3,(H,22,24);2,4-7,10,12,15,22H,3,8-9,11,13H2,1H3,(H,21,26)(H,24,25);4,6-9,12,16,22-23H,3,5,10-11,13-14H2,1-2H3,(H,21,24);1H4;2*1H2/t17-,33?;17-;15-,33?;16-,31?;;;/m0000.../s1. The highest BCUT2D eigenvalue weighted by Crippen LogP contribution is 2.27. The molecule has 0 saturated heterocycles. The highest BCUT2D eigenvalue weighted by molar-refractivity contribution is 7.98. The van der Waals surface area contributed by atoms with Gasteiger partial charge in [0.15, 0.2) is 39.3 Å². The summed E-state index contributed by atoms with van der Waals surface area (Å²) in [4.78, 5) is 94.7. The third kappa shape index (κ3) is 44.5. The van der Waals surface area contributed by atoms with Crippen LogP contribution in [0.2, 0.25) is 0 Å². The van der Waals surface area contributed by atoms with Crippen LogP contribution >= 0.6 is 57.1 Å². The second-order valence-electron chi connectivity index (χ2n) is 29.6. The fraction of sp³-hybridized carbons (Fsp3) is 0.422. The van der Waals surface area contributed by atoms with Crippen LogP contribution in [0.5, 0.6) is 0 Å². The average Bonchev–Trinajstić information content (AvgIpc) is 1.60. The van der Waals surface area contributed by atoms with Crippen LogP contribution in [0.3, 0.4) is 0 Å². The van der Waals surface area contributed by atoms with Crippen molar-refractivity contribution in [2.45, 2.75) is 163 Å². The Kier molecular flexibility index (Phi) is 55.2. The van der Waals surface area contributed by atoms with Crippen molar-refractivity contribution < 1.29 is 149 Å². The number of thioether (sulfide) groups is 1. The molecule has 140 heavy (non-hydrogen) atoms. The number of aldehydes is 1. The molecule has 4 amide bonds. The van der Waals surface area contributed by atoms with E-state index in [4.69, 9.17) is 5.11 Å². The lowest BCUT2D eigenvalue weighted by Crippen LogP contribution is -2.40. The molecule has 0 fully saturated rings. The van der Waals surface area contributed by atoms with Gasteiger partial charge in [0.1, 0.15) is 35.2 Å². The average molecular weight is 2270 g/mol. The van der Waals surface area contributed by atoms with E-state index < -0.39 is 172 Å². The number of sulfonamides is 4. The minimum Gasteiger partial charge on any atom is -0.481 e. The first kappa shape index (κ1) is 128. The number of methoxy groups -OCH3 is 2. The topological polar surface area (TPSA) is 679 Å². The van der Waals surface area contributed by atoms with Gasteiger partial charge in [-0.25, -0.2) is 76.8 Å². The lowest BCUT2D eigenvalue weighted by Gasteiger charge is -2.15. The maximum Gasteiger partial charge on any atom is 0.323 e. The Balaban J connectivity index is 0.000000627. The third-order valence-electron chi connectivity index (χ3n) is 18.3. The first-order chi connectivity index (χ1) is 64.1. The number of hydrogen-bond donors (Lipinski definition) is 10. The van der Waals surface area contributed by atoms with Gasteiger partial charge in [0, 0.05) is 130 Å². The lowest BCUT2D eigenvalue weighted by atomic mass is 10.2. The summed E-state index contributed by atoms with van der Waals surface area (Å²) in [7, 11) is -30.8. The molecule has 0 radical (unpaired) electrons. The van der Waals surface area contributed by atoms with E-state index in [-0.39, 0.29) is 155 Å². The Bertz CT molecular complexity index is 6560. The number of nitrogens with one attached hydrogen (secondary N) is 8. The van der Waals surface area contributed by atoms with Gasteiger partial charge < -0.3 is 56.7 Å². The Morgan fingerprint density at radius 2 is 0.686 bits per heavy atom. The molecule has 8 rings (SSSR count). The maximum absolute atomic E-state index is 12.6. The highest BCUT2D eigenvalue weighted by atomic mass is 32.3. The van der Waals surface area contributed by atoms with Crippen LogP contribution in [0.25, 0.3) is 0 Å². The zero-order chi connectivity index (χ0) is 102. The fourth-order valence-corrected chi connectivity index (χ4v) is 28.3. The number of amides is 4. The van der Waals surface area contributed by atoms with Gasteiger partial charge in [-0.2, -0.15) is 21.2 Å². The van der Waals surface area contributed by atoms with E-state index in [2.05, 4.69) is 44.9 Å². The summed E-state index contributed by atoms with van der Waals surface area (Å²) in [6, 6.07) is 31.7. The number of esters is 2. The van der Waals surface area contributed by atoms with Crippen LogP contribution in [0, 0.1) is 0 Å². The molecular weight excluding hydrogens is 2150 g/mol. The van der Waals surface area contributed by atoms with Crippen molar-refractivity contribution in [3.8, 4) is 0 Å². The molecule has 0 saturated carbocycles. The fourth-order valence-electron chi connectivity index (χ4n) is 11.3. The number of aliphatic hydroxyl groups excluding tert-OH is 1. The number of ether oxygens (including phenoxy) is 2. The molecule has 4 heterocycles. The third-order valence-corrected chi connectivity index (χ3v) is 41.2. The van der Waals surface area contributed by atoms with Crippen molar-refractivity contribution >= 4 is 217 Å². The first-order valence-electron chi connectivity index (χ1n) is 41.0. The number of aliphatic hydroxyl groups is 1. The Morgan fingerprint density at radius 3 is 0.943 bits per heavy atom. The zero-order valence-electron chi connectivity index (χ0n) is 76.4. The lowest BCUT2D eigenvalue weighted by molar-refractivity contribution is -0.143. The summed E-state index contributed by atoms with van der Waals surface area (Å²) in [6.45, 7) is 5.97. The summed E-state index contributed by atoms with van der Waals surface area (Å²) < 4.78 is 249. The molecule has 782 valence electrons. The molecule has 0 bridgehead atoms. The van der Waals surface area contributed by atoms with Crippen molar-refractivity contribution in [3.63, 3.8) is 0 Å². The first-order valence-corrected chi connectivity index (χ1v) is 63.3. The predicted molar refractivity (Wildman–Crippen MR) is 540 cm³/mol. The second-order valence-corrected chi connectivity index (χ2v) is 55.6. The van der Waals surface area contributed by atoms with E-state index in [1.807, 2.05) is 10.8 Å². The summed E-state index contributed by atoms with van der Waals surface area (Å²) in [5.41, 5.74) is 2.43. The van der Waals surface area contributed by atoms with Gasteiger partial charge in [0.2, 0.25) is 40.1 Å². The van der Waals surface area contributed by atoms with Gasteiger partial charge in [-0.1, -0.05) is 76.7 Å². The number of carbonyl (C=O) groups excluding carboxylic acids is 7. The second kappa shape index (κ2) is 60.5. The molecule has 41 nitrogen and oxygen atoms in total. The van der Waals surface area contributed by atoms with E-state index >= 15 is 0 Å². The van der Waals surface area contributed by atoms with Gasteiger partial charge in [-0.15, -0.1) is 45.3 Å². The number of carboxylic acid groups (broad SMARTS) is 1. The van der Waals surface area contributed by atoms with Gasteiger partial charge in [-0.3, -0.25) is 46.2 Å². The summed E-state index contributed by atoms with van der Waals surface area (Å²) in [5.74, 6) is -1.76. The van der Waals surface area contributed by atoms with Gasteiger partial charge in [0.25, 0.3) is 23.6 Å². The number of thiophene rings is 4. The van der Waals surface area contributed by atoms with Crippen molar-refractivity contribution in [3.05, 3.63) is 187 Å². The van der Waals surface area contributed by atoms with Crippen LogP contribution in [0.4, 0.5) is 0 Å². The number of sulfone groups is 4. The molecular formula is C83H116N8O33S16. The predicted octanol–water partition coefficient (Wildman–Crippen LogP) is 4.68. The number of carboxylic acids is 1. The Labute approximate surface area is 843 Å². The van der Waals surface area contributed by atoms with E-state index in [0.29, 0.717) is 71.7 Å². The molecule has 0 aliphatic carbocycles. The van der Waals surface area contributed by atoms with Gasteiger partial charge in [0.05, 0.1) is 72.4 Å². The van der Waals surface area contributed by atoms with Gasteiger partial charge in [-0.05, 0) is 170 Å². The normalized spacial score (nSPS) is 13.2. The summed E-state index contributed by atoms with van der Waals surface area (Å²) >= 11 is 5.17. The summed E-state index contributed by atoms with van der Waals surface area (Å²) in [6.07, 6.45) is 6.66. The minimum absolute atomic E-state index is 0. The minimum atomic E-state index is -4.17. The van der Waals surface area contributed by atoms with Crippen molar-refractivity contribution in [1.82, 2.24) is 40.2 Å². The highest BCUT2D eigenvalue weighted by Gasteiger charge is 2.30. The molecule has 8 aromatic rings. The van der Waals surface area contributed by atoms with Crippen LogP contribution in [-0.2, 0) is 164 Å². The molecule has 3 unspecified atom stereocenters. The van der Waals surface area contributed by atoms with E-state index in [1.54, 1.807) is 68.9 Å². The van der Waals surface area contributed by atoms with Gasteiger partial charge >= 0.3 is 17.9 Å². The molecule has 4 aromatic heterocycles. The Morgan fingerprint density at radius 1 is 0.407 bits per heavy atom. The number of benzene rings is 4. The van der Waals surface area contributed by atoms with Crippen LogP contribution < -0.4 is 40.2 Å². The van der Waals surface area contributed by atoms with Crippen molar-refractivity contribution in [1.29, 1.82) is 0 Å². The largest absolute Gasteiger partial charge is 0.481 e. The number of carbonyl (C=O) groups is 8. The van der Waals surface area contributed by atoms with Crippen molar-refractivity contribution in [2.24, 2.45) is 0 Å². The molecule has 0 aliphatic rings. The number of aliphatic carboxylic acids is 1.